The molecule has 1 amide bonds. The minimum Gasteiger partial charge on any atom is -0.507 e. The van der Waals surface area contributed by atoms with Crippen LogP contribution < -0.4 is 10.1 Å². The fraction of sp³-hybridized carbons (Fsp3) is 0.463. The first kappa shape index (κ1) is 43.2. The number of oxime groups is 1. The fourth-order valence-electron chi connectivity index (χ4n) is 7.04. The van der Waals surface area contributed by atoms with E-state index in [2.05, 4.69) is 16.4 Å². The molecule has 3 aliphatic rings. The van der Waals surface area contributed by atoms with E-state index < -0.39 is 88.8 Å². The summed E-state index contributed by atoms with van der Waals surface area (Å²) in [5, 5.41) is 63.2. The number of carbonyl (C=O) groups excluding carboxylic acids is 3. The van der Waals surface area contributed by atoms with Crippen molar-refractivity contribution in [3.8, 4) is 35.3 Å². The lowest BCUT2D eigenvalue weighted by molar-refractivity contribution is -0.160. The van der Waals surface area contributed by atoms with Crippen molar-refractivity contribution in [2.45, 2.75) is 85.6 Å². The third kappa shape index (κ3) is 8.32. The highest BCUT2D eigenvalue weighted by Crippen LogP contribution is 2.55. The molecule has 0 unspecified atom stereocenters. The minimum atomic E-state index is -2.07. The molecule has 2 aromatic rings. The summed E-state index contributed by atoms with van der Waals surface area (Å²) >= 11 is 0. The lowest BCUT2D eigenvalue weighted by atomic mass is 9.78. The number of aliphatic hydroxyl groups excluding tert-OH is 2. The van der Waals surface area contributed by atoms with Crippen molar-refractivity contribution in [3.63, 3.8) is 0 Å². The average Bonchev–Trinajstić information content (AvgIpc) is 3.42. The van der Waals surface area contributed by atoms with E-state index in [4.69, 9.17) is 30.2 Å². The molecule has 0 aromatic heterocycles. The molecule has 3 aliphatic heterocycles. The van der Waals surface area contributed by atoms with Crippen molar-refractivity contribution in [1.29, 1.82) is 0 Å². The average molecular weight is 779 g/mol. The number of nitrogens with zero attached hydrogens (tertiary/aromatic N) is 1. The summed E-state index contributed by atoms with van der Waals surface area (Å²) in [6.45, 7) is 12.0. The van der Waals surface area contributed by atoms with E-state index >= 15 is 0 Å². The lowest BCUT2D eigenvalue weighted by Crippen LogP contribution is -2.46. The molecule has 15 heteroatoms. The molecule has 2 aromatic carbocycles. The van der Waals surface area contributed by atoms with Gasteiger partial charge in [0.1, 0.15) is 23.4 Å². The van der Waals surface area contributed by atoms with E-state index in [-0.39, 0.29) is 51.1 Å². The maximum Gasteiger partial charge on any atom is 0.312 e. The van der Waals surface area contributed by atoms with Gasteiger partial charge in [-0.25, -0.2) is 0 Å². The maximum absolute atomic E-state index is 14.3. The number of methoxy groups -OCH3 is 1. The van der Waals surface area contributed by atoms with Gasteiger partial charge in [-0.2, -0.15) is 0 Å². The van der Waals surface area contributed by atoms with Gasteiger partial charge < -0.3 is 54.6 Å². The number of terminal acetylenes is 1. The normalized spacial score (nSPS) is 30.9. The quantitative estimate of drug-likeness (QED) is 0.0460. The number of phenols is 3. The number of anilines is 1. The van der Waals surface area contributed by atoms with E-state index in [1.54, 1.807) is 39.8 Å². The third-order valence-electron chi connectivity index (χ3n) is 10.4. The highest BCUT2D eigenvalue weighted by molar-refractivity contribution is 6.23. The standard InChI is InChI=1S/C41H50N2O13/c1-11-16-54-42-18-26-31-36(49)29-28(35(26)48)30-38(24(7)34(29)47)56-41(9,39(30)50)53-17-15-27(52-10)21(4)37(55-25(8)44)23(6)33(46)22(5)32(45)19(2)13-12-14-20(3)40(51)43-31/h1,12-15,17-19,21-23,27,32-33,37,45-49H,16H2,2-10H3,(H,43,51)/b13-12+,17-15+,20-14-,42-18+/t19-,21+,22+,23+,27-,32-,33+,37+,41-/m0/s1. The van der Waals surface area contributed by atoms with Gasteiger partial charge in [-0.15, -0.1) is 6.42 Å². The van der Waals surface area contributed by atoms with E-state index in [9.17, 15) is 39.9 Å². The Hall–Kier alpha value is -5.56. The molecule has 0 aliphatic carbocycles. The number of ether oxygens (including phenoxy) is 4. The number of amides is 1. The van der Waals surface area contributed by atoms with Gasteiger partial charge >= 0.3 is 11.8 Å². The van der Waals surface area contributed by atoms with Crippen LogP contribution in [0.1, 0.15) is 70.0 Å². The first-order valence-corrected chi connectivity index (χ1v) is 18.0. The van der Waals surface area contributed by atoms with E-state index in [0.29, 0.717) is 0 Å². The van der Waals surface area contributed by atoms with Gasteiger partial charge in [-0.1, -0.05) is 57.0 Å². The predicted molar refractivity (Wildman–Crippen MR) is 206 cm³/mol. The first-order valence-electron chi connectivity index (χ1n) is 18.0. The zero-order chi connectivity index (χ0) is 41.8. The van der Waals surface area contributed by atoms with Gasteiger partial charge in [0.25, 0.3) is 11.7 Å². The number of aromatic hydroxyl groups is 3. The second-order valence-corrected chi connectivity index (χ2v) is 14.3. The second-order valence-electron chi connectivity index (χ2n) is 14.3. The van der Waals surface area contributed by atoms with Gasteiger partial charge in [0.05, 0.1) is 53.0 Å². The third-order valence-corrected chi connectivity index (χ3v) is 10.4. The maximum atomic E-state index is 14.3. The molecule has 6 N–H and O–H groups in total. The van der Waals surface area contributed by atoms with Gasteiger partial charge in [0.15, 0.2) is 12.4 Å². The Bertz CT molecular complexity index is 2030. The number of aliphatic hydroxyl groups is 2. The Morgan fingerprint density at radius 3 is 2.32 bits per heavy atom. The molecule has 56 heavy (non-hydrogen) atoms. The van der Waals surface area contributed by atoms with Crippen molar-refractivity contribution in [3.05, 3.63) is 52.8 Å². The highest BCUT2D eigenvalue weighted by Gasteiger charge is 2.50. The molecule has 0 fully saturated rings. The van der Waals surface area contributed by atoms with Crippen molar-refractivity contribution in [2.75, 3.05) is 19.0 Å². The molecule has 0 radical (unpaired) electrons. The summed E-state index contributed by atoms with van der Waals surface area (Å²) in [4.78, 5) is 45.1. The first-order chi connectivity index (χ1) is 26.3. The number of rotatable bonds is 5. The molecule has 15 nitrogen and oxygen atoms in total. The molecule has 9 atom stereocenters. The van der Waals surface area contributed by atoms with E-state index in [1.165, 1.54) is 53.2 Å². The topological polar surface area (TPSA) is 223 Å². The summed E-state index contributed by atoms with van der Waals surface area (Å²) in [7, 11) is 1.42. The van der Waals surface area contributed by atoms with Gasteiger partial charge in [-0.3, -0.25) is 14.4 Å². The molecule has 0 spiro atoms. The van der Waals surface area contributed by atoms with Crippen LogP contribution in [0.5, 0.6) is 23.0 Å². The summed E-state index contributed by atoms with van der Waals surface area (Å²) in [5.41, 5.74) is -0.792. The molecule has 0 saturated carbocycles. The summed E-state index contributed by atoms with van der Waals surface area (Å²) in [6.07, 6.45) is 9.55. The van der Waals surface area contributed by atoms with Crippen molar-refractivity contribution < 1.29 is 63.7 Å². The summed E-state index contributed by atoms with van der Waals surface area (Å²) in [6, 6.07) is 0. The predicted octanol–water partition coefficient (Wildman–Crippen LogP) is 4.74. The van der Waals surface area contributed by atoms with Crippen LogP contribution in [-0.2, 0) is 28.6 Å². The molecule has 5 bridgehead atoms. The molecule has 3 heterocycles. The van der Waals surface area contributed by atoms with Crippen LogP contribution in [0.25, 0.3) is 10.8 Å². The SMILES string of the molecule is C#CCO/N=C/c1c2c(O)c3c(O)c(C)c4c(c3c1O)C(=O)[C@@](C)(O/C=C/[C@H](OC)[C@@H](C)[C@@H](OC(C)=O)[C@H](C)[C@H](O)[C@H](C)[C@@H](O)[C@@H](C)/C=C/C=C(/C)C(=O)N2)O4. The fourth-order valence-corrected chi connectivity index (χ4v) is 7.04. The van der Waals surface area contributed by atoms with Crippen LogP contribution in [0.3, 0.4) is 0 Å². The Morgan fingerprint density at radius 2 is 1.70 bits per heavy atom. The zero-order valence-corrected chi connectivity index (χ0v) is 32.8. The largest absolute Gasteiger partial charge is 0.507 e. The number of carbonyl (C=O) groups is 3. The number of benzene rings is 2. The van der Waals surface area contributed by atoms with Crippen LogP contribution in [0.4, 0.5) is 5.69 Å². The number of fused-ring (bicyclic) bond motifs is 14. The van der Waals surface area contributed by atoms with Crippen LogP contribution in [-0.4, -0.2) is 93.3 Å². The van der Waals surface area contributed by atoms with Crippen LogP contribution in [0.2, 0.25) is 0 Å². The van der Waals surface area contributed by atoms with E-state index in [1.807, 2.05) is 0 Å². The minimum absolute atomic E-state index is 0.0142. The van der Waals surface area contributed by atoms with Crippen LogP contribution in [0.15, 0.2) is 41.3 Å². The smallest absolute Gasteiger partial charge is 0.312 e. The van der Waals surface area contributed by atoms with Crippen LogP contribution >= 0.6 is 0 Å². The summed E-state index contributed by atoms with van der Waals surface area (Å²) < 4.78 is 23.4. The highest BCUT2D eigenvalue weighted by atomic mass is 16.7. The Labute approximate surface area is 325 Å². The second kappa shape index (κ2) is 17.5. The number of nitrogens with one attached hydrogen (secondary N) is 1. The monoisotopic (exact) mass is 778 g/mol. The van der Waals surface area contributed by atoms with E-state index in [0.717, 1.165) is 6.21 Å². The van der Waals surface area contributed by atoms with Gasteiger partial charge in [-0.05, 0) is 19.9 Å². The number of hydrogen-bond acceptors (Lipinski definition) is 14. The zero-order valence-electron chi connectivity index (χ0n) is 32.8. The molecule has 302 valence electrons. The Kier molecular flexibility index (Phi) is 13.5. The number of allylic oxidation sites excluding steroid dienone is 2. The van der Waals surface area contributed by atoms with Crippen molar-refractivity contribution in [1.82, 2.24) is 0 Å². The molecule has 0 saturated heterocycles. The van der Waals surface area contributed by atoms with Gasteiger partial charge in [0, 0.05) is 61.2 Å². The number of esters is 1. The number of phenolic OH excluding ortho intramolecular Hbond substituents is 3. The number of Topliss-reactive ketones (excluding diaryl/α,β-unsaturated/α-hetero) is 1. The van der Waals surface area contributed by atoms with Gasteiger partial charge in [0.2, 0.25) is 0 Å². The molecule has 5 rings (SSSR count). The lowest BCUT2D eigenvalue weighted by Gasteiger charge is -2.38. The van der Waals surface area contributed by atoms with Crippen molar-refractivity contribution in [2.24, 2.45) is 28.8 Å². The molecular weight excluding hydrogens is 728 g/mol. The Morgan fingerprint density at radius 1 is 1.02 bits per heavy atom. The number of hydrogen-bond donors (Lipinski definition) is 6. The summed E-state index contributed by atoms with van der Waals surface area (Å²) in [5.74, 6) is -6.64. The van der Waals surface area contributed by atoms with Crippen molar-refractivity contribution >= 4 is 40.3 Å². The molecular formula is C41H50N2O13. The van der Waals surface area contributed by atoms with Crippen LogP contribution in [0, 0.1) is 42.9 Å². The Balaban J connectivity index is 1.97. The number of ketones is 1.